The molecule has 2 heterocycles. The molecule has 6 nitrogen and oxygen atoms in total. The molecule has 7 heteroatoms. The molecule has 0 amide bonds. The third-order valence-corrected chi connectivity index (χ3v) is 3.01. The zero-order chi connectivity index (χ0) is 12.8. The van der Waals surface area contributed by atoms with Gasteiger partial charge in [0, 0.05) is 24.5 Å². The molecule has 94 valence electrons. The summed E-state index contributed by atoms with van der Waals surface area (Å²) in [5, 5.41) is 6.12. The molecule has 0 unspecified atom stereocenters. The summed E-state index contributed by atoms with van der Waals surface area (Å²) in [6.07, 6.45) is 5.51. The molecule has 0 aliphatic rings. The molecule has 0 aromatic carbocycles. The molecule has 0 atom stereocenters. The lowest BCUT2D eigenvalue weighted by Gasteiger charge is -2.04. The first-order chi connectivity index (χ1) is 8.79. The van der Waals surface area contributed by atoms with Gasteiger partial charge < -0.3 is 10.1 Å². The fraction of sp³-hybridized carbons (Fsp3) is 0.273. The summed E-state index contributed by atoms with van der Waals surface area (Å²) < 4.78 is 4.54. The number of esters is 1. The molecule has 0 fully saturated rings. The fourth-order valence-corrected chi connectivity index (χ4v) is 1.92. The van der Waals surface area contributed by atoms with E-state index in [2.05, 4.69) is 25.0 Å². The maximum Gasteiger partial charge on any atom is 0.358 e. The van der Waals surface area contributed by atoms with Crippen molar-refractivity contribution >= 4 is 23.1 Å². The lowest BCUT2D eigenvalue weighted by atomic mass is 10.4. The van der Waals surface area contributed by atoms with E-state index in [9.17, 15) is 4.79 Å². The van der Waals surface area contributed by atoms with Crippen LogP contribution in [0.5, 0.6) is 0 Å². The highest BCUT2D eigenvalue weighted by molar-refractivity contribution is 7.09. The van der Waals surface area contributed by atoms with Gasteiger partial charge in [-0.2, -0.15) is 0 Å². The Balaban J connectivity index is 1.85. The molecule has 2 rings (SSSR count). The van der Waals surface area contributed by atoms with Crippen LogP contribution >= 0.6 is 11.3 Å². The van der Waals surface area contributed by atoms with Gasteiger partial charge in [0.05, 0.1) is 24.5 Å². The molecule has 0 saturated carbocycles. The summed E-state index contributed by atoms with van der Waals surface area (Å²) in [4.78, 5) is 23.3. The van der Waals surface area contributed by atoms with E-state index >= 15 is 0 Å². The molecular weight excluding hydrogens is 252 g/mol. The van der Waals surface area contributed by atoms with Crippen molar-refractivity contribution in [3.05, 3.63) is 34.7 Å². The summed E-state index contributed by atoms with van der Waals surface area (Å²) in [6, 6.07) is 0. The second-order valence-corrected chi connectivity index (χ2v) is 4.36. The molecular formula is C11H12N4O2S. The number of nitrogens with zero attached hydrogens (tertiary/aromatic N) is 3. The quantitative estimate of drug-likeness (QED) is 0.822. The molecule has 2 aromatic heterocycles. The lowest BCUT2D eigenvalue weighted by molar-refractivity contribution is 0.0593. The van der Waals surface area contributed by atoms with Crippen molar-refractivity contribution in [2.75, 3.05) is 19.0 Å². The van der Waals surface area contributed by atoms with E-state index in [1.54, 1.807) is 17.5 Å². The van der Waals surface area contributed by atoms with Crippen molar-refractivity contribution in [3.63, 3.8) is 0 Å². The van der Waals surface area contributed by atoms with Crippen LogP contribution in [-0.2, 0) is 11.2 Å². The highest BCUT2D eigenvalue weighted by atomic mass is 32.1. The van der Waals surface area contributed by atoms with Gasteiger partial charge >= 0.3 is 5.97 Å². The molecule has 0 spiro atoms. The van der Waals surface area contributed by atoms with E-state index < -0.39 is 5.97 Å². The predicted octanol–water partition coefficient (Wildman–Crippen LogP) is 1.37. The molecule has 2 aromatic rings. The maximum atomic E-state index is 11.1. The van der Waals surface area contributed by atoms with E-state index in [0.717, 1.165) is 18.0 Å². The summed E-state index contributed by atoms with van der Waals surface area (Å²) in [5.74, 6) is 0.135. The SMILES string of the molecule is COC(=O)c1cnc(NCCc2nccs2)cn1. The van der Waals surface area contributed by atoms with E-state index in [1.165, 1.54) is 19.5 Å². The normalized spacial score (nSPS) is 10.1. The van der Waals surface area contributed by atoms with E-state index in [1.807, 2.05) is 5.38 Å². The number of thiazole rings is 1. The van der Waals surface area contributed by atoms with Crippen molar-refractivity contribution in [2.45, 2.75) is 6.42 Å². The largest absolute Gasteiger partial charge is 0.464 e. The number of nitrogens with one attached hydrogen (secondary N) is 1. The zero-order valence-corrected chi connectivity index (χ0v) is 10.6. The number of anilines is 1. The Morgan fingerprint density at radius 3 is 2.89 bits per heavy atom. The minimum Gasteiger partial charge on any atom is -0.464 e. The Kier molecular flexibility index (Phi) is 4.19. The van der Waals surface area contributed by atoms with E-state index in [0.29, 0.717) is 5.82 Å². The number of carbonyl (C=O) groups excluding carboxylic acids is 1. The third kappa shape index (κ3) is 3.24. The second-order valence-electron chi connectivity index (χ2n) is 3.38. The van der Waals surface area contributed by atoms with Crippen LogP contribution in [0.1, 0.15) is 15.5 Å². The molecule has 0 aliphatic heterocycles. The minimum atomic E-state index is -0.489. The molecule has 0 radical (unpaired) electrons. The van der Waals surface area contributed by atoms with Crippen LogP contribution in [0.4, 0.5) is 5.82 Å². The van der Waals surface area contributed by atoms with Gasteiger partial charge in [0.1, 0.15) is 5.82 Å². The first-order valence-electron chi connectivity index (χ1n) is 5.32. The number of aromatic nitrogens is 3. The third-order valence-electron chi connectivity index (χ3n) is 2.17. The number of hydrogen-bond donors (Lipinski definition) is 1. The fourth-order valence-electron chi connectivity index (χ4n) is 1.30. The van der Waals surface area contributed by atoms with Crippen molar-refractivity contribution in [1.82, 2.24) is 15.0 Å². The van der Waals surface area contributed by atoms with Gasteiger partial charge in [-0.1, -0.05) is 0 Å². The van der Waals surface area contributed by atoms with Crippen LogP contribution in [-0.4, -0.2) is 34.6 Å². The monoisotopic (exact) mass is 264 g/mol. The molecule has 18 heavy (non-hydrogen) atoms. The zero-order valence-electron chi connectivity index (χ0n) is 9.79. The Hall–Kier alpha value is -2.02. The van der Waals surface area contributed by atoms with E-state index in [4.69, 9.17) is 0 Å². The highest BCUT2D eigenvalue weighted by Crippen LogP contribution is 2.06. The van der Waals surface area contributed by atoms with Gasteiger partial charge in [-0.25, -0.2) is 19.7 Å². The van der Waals surface area contributed by atoms with Gasteiger partial charge in [0.15, 0.2) is 5.69 Å². The number of carbonyl (C=O) groups is 1. The van der Waals surface area contributed by atoms with Crippen LogP contribution in [0.25, 0.3) is 0 Å². The Morgan fingerprint density at radius 2 is 2.28 bits per heavy atom. The minimum absolute atomic E-state index is 0.197. The van der Waals surface area contributed by atoms with Crippen molar-refractivity contribution in [1.29, 1.82) is 0 Å². The van der Waals surface area contributed by atoms with Crippen molar-refractivity contribution in [3.8, 4) is 0 Å². The van der Waals surface area contributed by atoms with Gasteiger partial charge in [-0.05, 0) is 0 Å². The van der Waals surface area contributed by atoms with Crippen molar-refractivity contribution in [2.24, 2.45) is 0 Å². The van der Waals surface area contributed by atoms with Gasteiger partial charge in [0.25, 0.3) is 0 Å². The van der Waals surface area contributed by atoms with Crippen LogP contribution in [0.15, 0.2) is 24.0 Å². The molecule has 0 bridgehead atoms. The number of hydrogen-bond acceptors (Lipinski definition) is 7. The molecule has 0 aliphatic carbocycles. The summed E-state index contributed by atoms with van der Waals surface area (Å²) in [6.45, 7) is 0.722. The Labute approximate surface area is 108 Å². The maximum absolute atomic E-state index is 11.1. The number of rotatable bonds is 5. The number of ether oxygens (including phenoxy) is 1. The molecule has 0 saturated heterocycles. The first-order valence-corrected chi connectivity index (χ1v) is 6.20. The predicted molar refractivity (Wildman–Crippen MR) is 67.7 cm³/mol. The van der Waals surface area contributed by atoms with Crippen LogP contribution in [0, 0.1) is 0 Å². The first kappa shape index (κ1) is 12.4. The van der Waals surface area contributed by atoms with Crippen molar-refractivity contribution < 1.29 is 9.53 Å². The van der Waals surface area contributed by atoms with E-state index in [-0.39, 0.29) is 5.69 Å². The Bertz CT molecular complexity index is 498. The highest BCUT2D eigenvalue weighted by Gasteiger charge is 2.06. The van der Waals surface area contributed by atoms with Gasteiger partial charge in [0.2, 0.25) is 0 Å². The second kappa shape index (κ2) is 6.06. The molecule has 1 N–H and O–H groups in total. The van der Waals surface area contributed by atoms with Crippen LogP contribution < -0.4 is 5.32 Å². The lowest BCUT2D eigenvalue weighted by Crippen LogP contribution is -2.09. The topological polar surface area (TPSA) is 77.0 Å². The number of methoxy groups -OCH3 is 1. The van der Waals surface area contributed by atoms with Crippen LogP contribution in [0.2, 0.25) is 0 Å². The van der Waals surface area contributed by atoms with Gasteiger partial charge in [-0.3, -0.25) is 0 Å². The summed E-state index contributed by atoms with van der Waals surface area (Å²) >= 11 is 1.62. The Morgan fingerprint density at radius 1 is 1.39 bits per heavy atom. The average molecular weight is 264 g/mol. The smallest absolute Gasteiger partial charge is 0.358 e. The standard InChI is InChI=1S/C11H12N4O2S/c1-17-11(16)8-6-15-9(7-14-8)12-3-2-10-13-4-5-18-10/h4-7H,2-3H2,1H3,(H,12,15). The van der Waals surface area contributed by atoms with Crippen LogP contribution in [0.3, 0.4) is 0 Å². The summed E-state index contributed by atoms with van der Waals surface area (Å²) in [7, 11) is 1.31. The average Bonchev–Trinajstić information content (AvgIpc) is 2.92. The summed E-state index contributed by atoms with van der Waals surface area (Å²) in [5.41, 5.74) is 0.197. The van der Waals surface area contributed by atoms with Gasteiger partial charge in [-0.15, -0.1) is 11.3 Å².